The number of carbonyl (C=O) groups excluding carboxylic acids is 1. The van der Waals surface area contributed by atoms with Gasteiger partial charge < -0.3 is 9.84 Å². The zero-order chi connectivity index (χ0) is 18.8. The van der Waals surface area contributed by atoms with Crippen LogP contribution in [-0.4, -0.2) is 34.5 Å². The van der Waals surface area contributed by atoms with Crippen LogP contribution >= 0.6 is 0 Å². The normalized spacial score (nSPS) is 12.5. The average molecular weight is 362 g/mol. The van der Waals surface area contributed by atoms with E-state index in [2.05, 4.69) is 26.8 Å². The van der Waals surface area contributed by atoms with Gasteiger partial charge in [0.2, 0.25) is 0 Å². The van der Waals surface area contributed by atoms with Crippen molar-refractivity contribution in [1.29, 1.82) is 0 Å². The molecule has 0 radical (unpaired) electrons. The van der Waals surface area contributed by atoms with Crippen molar-refractivity contribution in [2.45, 2.75) is 12.8 Å². The van der Waals surface area contributed by atoms with Gasteiger partial charge in [-0.05, 0) is 30.5 Å². The molecule has 27 heavy (non-hydrogen) atoms. The monoisotopic (exact) mass is 362 g/mol. The van der Waals surface area contributed by atoms with Crippen LogP contribution in [0.1, 0.15) is 27.2 Å². The number of amides is 1. The molecule has 1 aromatic heterocycles. The molecular formula is C20H18N4O3. The van der Waals surface area contributed by atoms with E-state index >= 15 is 0 Å². The summed E-state index contributed by atoms with van der Waals surface area (Å²) in [6.07, 6.45) is 2.98. The molecule has 0 saturated carbocycles. The molecule has 1 heterocycles. The fourth-order valence-corrected chi connectivity index (χ4v) is 3.27. The summed E-state index contributed by atoms with van der Waals surface area (Å²) in [5, 5.41) is 21.1. The van der Waals surface area contributed by atoms with Gasteiger partial charge in [0.25, 0.3) is 5.91 Å². The lowest BCUT2D eigenvalue weighted by Crippen LogP contribution is -2.20. The van der Waals surface area contributed by atoms with E-state index in [1.165, 1.54) is 18.9 Å². The minimum Gasteiger partial charge on any atom is -0.504 e. The van der Waals surface area contributed by atoms with E-state index in [1.807, 2.05) is 18.2 Å². The number of aromatic hydroxyl groups is 1. The number of hydrazone groups is 1. The highest BCUT2D eigenvalue weighted by Crippen LogP contribution is 2.33. The summed E-state index contributed by atoms with van der Waals surface area (Å²) in [5.41, 5.74) is 7.32. The molecule has 3 N–H and O–H groups in total. The predicted molar refractivity (Wildman–Crippen MR) is 101 cm³/mol. The quantitative estimate of drug-likeness (QED) is 0.491. The Kier molecular flexibility index (Phi) is 4.33. The van der Waals surface area contributed by atoms with Gasteiger partial charge in [0.1, 0.15) is 5.69 Å². The van der Waals surface area contributed by atoms with Gasteiger partial charge in [-0.3, -0.25) is 9.89 Å². The summed E-state index contributed by atoms with van der Waals surface area (Å²) in [6.45, 7) is 0. The molecule has 1 amide bonds. The van der Waals surface area contributed by atoms with E-state index in [-0.39, 0.29) is 11.7 Å². The second-order valence-corrected chi connectivity index (χ2v) is 6.18. The van der Waals surface area contributed by atoms with Gasteiger partial charge in [-0.25, -0.2) is 5.43 Å². The van der Waals surface area contributed by atoms with Gasteiger partial charge in [-0.1, -0.05) is 30.3 Å². The van der Waals surface area contributed by atoms with Gasteiger partial charge in [0.15, 0.2) is 11.5 Å². The first-order valence-electron chi connectivity index (χ1n) is 8.54. The van der Waals surface area contributed by atoms with Crippen molar-refractivity contribution in [2.75, 3.05) is 7.11 Å². The third-order valence-corrected chi connectivity index (χ3v) is 4.63. The van der Waals surface area contributed by atoms with Crippen LogP contribution in [0.4, 0.5) is 0 Å². The van der Waals surface area contributed by atoms with Gasteiger partial charge in [-0.15, -0.1) is 0 Å². The second kappa shape index (κ2) is 6.95. The van der Waals surface area contributed by atoms with Crippen molar-refractivity contribution >= 4 is 12.1 Å². The summed E-state index contributed by atoms with van der Waals surface area (Å²) in [7, 11) is 1.47. The Morgan fingerprint density at radius 3 is 2.96 bits per heavy atom. The SMILES string of the molecule is COc1cccc(/C=N/NC(=O)c2[nH]nc3c2CCc2ccccc2-3)c1O. The summed E-state index contributed by atoms with van der Waals surface area (Å²) in [5.74, 6) is -0.0677. The molecule has 7 nitrogen and oxygen atoms in total. The van der Waals surface area contributed by atoms with Crippen LogP contribution in [-0.2, 0) is 12.8 Å². The number of nitrogens with one attached hydrogen (secondary N) is 2. The fraction of sp³-hybridized carbons (Fsp3) is 0.150. The third-order valence-electron chi connectivity index (χ3n) is 4.63. The highest BCUT2D eigenvalue weighted by Gasteiger charge is 2.24. The number of fused-ring (bicyclic) bond motifs is 3. The van der Waals surface area contributed by atoms with E-state index in [9.17, 15) is 9.90 Å². The van der Waals surface area contributed by atoms with E-state index in [1.54, 1.807) is 18.2 Å². The average Bonchev–Trinajstić information content (AvgIpc) is 3.14. The number of benzene rings is 2. The number of hydrogen-bond acceptors (Lipinski definition) is 5. The van der Waals surface area contributed by atoms with Gasteiger partial charge in [0.05, 0.1) is 19.0 Å². The molecule has 136 valence electrons. The molecule has 4 rings (SSSR count). The Morgan fingerprint density at radius 1 is 1.26 bits per heavy atom. The molecule has 0 unspecified atom stereocenters. The topological polar surface area (TPSA) is 99.6 Å². The van der Waals surface area contributed by atoms with Crippen LogP contribution in [0.3, 0.4) is 0 Å². The van der Waals surface area contributed by atoms with Crippen molar-refractivity contribution in [3.05, 3.63) is 64.8 Å². The molecule has 1 aliphatic rings. The number of aromatic amines is 1. The number of nitrogens with zero attached hydrogens (tertiary/aromatic N) is 2. The molecule has 0 saturated heterocycles. The first kappa shape index (κ1) is 16.8. The minimum absolute atomic E-state index is 0.0338. The van der Waals surface area contributed by atoms with Crippen LogP contribution in [0.25, 0.3) is 11.3 Å². The van der Waals surface area contributed by atoms with Crippen molar-refractivity contribution in [2.24, 2.45) is 5.10 Å². The summed E-state index contributed by atoms with van der Waals surface area (Å²) in [4.78, 5) is 12.5. The van der Waals surface area contributed by atoms with Crippen LogP contribution < -0.4 is 10.2 Å². The first-order valence-corrected chi connectivity index (χ1v) is 8.54. The molecule has 0 aliphatic heterocycles. The number of para-hydroxylation sites is 1. The standard InChI is InChI=1S/C20H18N4O3/c1-27-16-8-4-6-13(19(16)25)11-21-24-20(26)18-15-10-9-12-5-2-3-7-14(12)17(15)22-23-18/h2-8,11,25H,9-10H2,1H3,(H,22,23)(H,24,26)/b21-11+. The number of hydrogen-bond donors (Lipinski definition) is 3. The van der Waals surface area contributed by atoms with E-state index in [4.69, 9.17) is 4.74 Å². The lowest BCUT2D eigenvalue weighted by molar-refractivity contribution is 0.0949. The van der Waals surface area contributed by atoms with Crippen LogP contribution in [0.5, 0.6) is 11.5 Å². The van der Waals surface area contributed by atoms with Crippen molar-refractivity contribution in [3.63, 3.8) is 0 Å². The fourth-order valence-electron chi connectivity index (χ4n) is 3.27. The second-order valence-electron chi connectivity index (χ2n) is 6.18. The van der Waals surface area contributed by atoms with Gasteiger partial charge in [-0.2, -0.15) is 10.2 Å². The number of rotatable bonds is 4. The zero-order valence-electron chi connectivity index (χ0n) is 14.7. The Labute approximate surface area is 155 Å². The Balaban J connectivity index is 1.53. The van der Waals surface area contributed by atoms with Crippen LogP contribution in [0, 0.1) is 0 Å². The number of methoxy groups -OCH3 is 1. The Bertz CT molecular complexity index is 1040. The van der Waals surface area contributed by atoms with Crippen LogP contribution in [0.2, 0.25) is 0 Å². The maximum absolute atomic E-state index is 12.5. The maximum Gasteiger partial charge on any atom is 0.289 e. The Morgan fingerprint density at radius 2 is 2.11 bits per heavy atom. The van der Waals surface area contributed by atoms with Crippen LogP contribution in [0.15, 0.2) is 47.6 Å². The molecule has 3 aromatic rings. The number of phenols is 1. The zero-order valence-corrected chi connectivity index (χ0v) is 14.7. The minimum atomic E-state index is -0.373. The molecular weight excluding hydrogens is 344 g/mol. The number of carbonyl (C=O) groups is 1. The number of aryl methyl sites for hydroxylation is 1. The molecule has 0 fully saturated rings. The maximum atomic E-state index is 12.5. The van der Waals surface area contributed by atoms with Crippen molar-refractivity contribution in [1.82, 2.24) is 15.6 Å². The number of phenolic OH excluding ortho intramolecular Hbond substituents is 1. The lowest BCUT2D eigenvalue weighted by atomic mass is 9.89. The number of H-pyrrole nitrogens is 1. The van der Waals surface area contributed by atoms with E-state index in [0.717, 1.165) is 29.7 Å². The number of ether oxygens (including phenoxy) is 1. The summed E-state index contributed by atoms with van der Waals surface area (Å²) in [6, 6.07) is 13.1. The molecule has 1 aliphatic carbocycles. The summed E-state index contributed by atoms with van der Waals surface area (Å²) < 4.78 is 5.05. The van der Waals surface area contributed by atoms with Crippen molar-refractivity contribution in [3.8, 4) is 22.8 Å². The molecule has 2 aromatic carbocycles. The van der Waals surface area contributed by atoms with Gasteiger partial charge >= 0.3 is 0 Å². The highest BCUT2D eigenvalue weighted by atomic mass is 16.5. The smallest absolute Gasteiger partial charge is 0.289 e. The van der Waals surface area contributed by atoms with E-state index in [0.29, 0.717) is 17.0 Å². The van der Waals surface area contributed by atoms with E-state index < -0.39 is 0 Å². The largest absolute Gasteiger partial charge is 0.504 e. The number of aromatic nitrogens is 2. The molecule has 0 bridgehead atoms. The predicted octanol–water partition coefficient (Wildman–Crippen LogP) is 2.65. The van der Waals surface area contributed by atoms with Gasteiger partial charge in [0, 0.05) is 16.7 Å². The molecule has 7 heteroatoms. The molecule has 0 atom stereocenters. The highest BCUT2D eigenvalue weighted by molar-refractivity contribution is 5.96. The Hall–Kier alpha value is -3.61. The first-order chi connectivity index (χ1) is 13.2. The lowest BCUT2D eigenvalue weighted by Gasteiger charge is -2.15. The molecule has 0 spiro atoms. The summed E-state index contributed by atoms with van der Waals surface area (Å²) >= 11 is 0. The third kappa shape index (κ3) is 3.03. The van der Waals surface area contributed by atoms with Crippen molar-refractivity contribution < 1.29 is 14.6 Å².